The Morgan fingerprint density at radius 2 is 0.844 bits per heavy atom. The third-order valence-electron chi connectivity index (χ3n) is 7.43. The van der Waals surface area contributed by atoms with Crippen LogP contribution in [0.2, 0.25) is 0 Å². The molecule has 1 atom stereocenters. The van der Waals surface area contributed by atoms with E-state index >= 15 is 0 Å². The molecule has 0 saturated carbocycles. The van der Waals surface area contributed by atoms with Gasteiger partial charge in [-0.05, 0) is 19.3 Å². The molecule has 1 unspecified atom stereocenters. The van der Waals surface area contributed by atoms with Crippen molar-refractivity contribution in [2.45, 2.75) is 168 Å². The Morgan fingerprint density at radius 1 is 0.469 bits per heavy atom. The predicted octanol–water partition coefficient (Wildman–Crippen LogP) is 10.0. The summed E-state index contributed by atoms with van der Waals surface area (Å²) in [6, 6.07) is 0. The lowest BCUT2D eigenvalue weighted by atomic mass is 10.0. The SMILES string of the molecule is CCCCCCCCCCCCCCCCN1C=CN(C)C1CCCCCCCCCC. The number of nitrogens with zero attached hydrogens (tertiary/aromatic N) is 2. The van der Waals surface area contributed by atoms with Crippen molar-refractivity contribution in [3.8, 4) is 0 Å². The van der Waals surface area contributed by atoms with E-state index in [1.165, 1.54) is 154 Å². The number of unbranched alkanes of at least 4 members (excludes halogenated alkanes) is 20. The van der Waals surface area contributed by atoms with E-state index in [0.717, 1.165) is 0 Å². The van der Waals surface area contributed by atoms with Gasteiger partial charge in [-0.1, -0.05) is 142 Å². The molecule has 0 spiro atoms. The molecule has 1 rings (SSSR count). The van der Waals surface area contributed by atoms with Gasteiger partial charge in [0.05, 0.1) is 0 Å². The van der Waals surface area contributed by atoms with Gasteiger partial charge in [0.15, 0.2) is 0 Å². The van der Waals surface area contributed by atoms with Gasteiger partial charge >= 0.3 is 0 Å². The first-order valence-electron chi connectivity index (χ1n) is 15.0. The van der Waals surface area contributed by atoms with Gasteiger partial charge in [0.1, 0.15) is 6.17 Å². The first kappa shape index (κ1) is 29.4. The zero-order valence-electron chi connectivity index (χ0n) is 22.6. The highest BCUT2D eigenvalue weighted by Crippen LogP contribution is 2.21. The van der Waals surface area contributed by atoms with Crippen LogP contribution in [0.3, 0.4) is 0 Å². The van der Waals surface area contributed by atoms with Gasteiger partial charge in [0.2, 0.25) is 0 Å². The fourth-order valence-electron chi connectivity index (χ4n) is 5.17. The molecule has 0 aromatic heterocycles. The minimum atomic E-state index is 0.622. The normalized spacial score (nSPS) is 15.9. The number of hydrogen-bond donors (Lipinski definition) is 0. The van der Waals surface area contributed by atoms with Crippen molar-refractivity contribution in [2.24, 2.45) is 0 Å². The molecule has 0 N–H and O–H groups in total. The minimum absolute atomic E-state index is 0.622. The molecular formula is C30H60N2. The number of hydrogen-bond acceptors (Lipinski definition) is 2. The first-order valence-corrected chi connectivity index (χ1v) is 15.0. The van der Waals surface area contributed by atoms with Crippen LogP contribution in [0.25, 0.3) is 0 Å². The molecular weight excluding hydrogens is 388 g/mol. The topological polar surface area (TPSA) is 6.48 Å². The van der Waals surface area contributed by atoms with Crippen LogP contribution in [0.5, 0.6) is 0 Å². The third-order valence-corrected chi connectivity index (χ3v) is 7.43. The monoisotopic (exact) mass is 448 g/mol. The van der Waals surface area contributed by atoms with Crippen molar-refractivity contribution in [3.63, 3.8) is 0 Å². The van der Waals surface area contributed by atoms with Crippen LogP contribution in [0, 0.1) is 0 Å². The van der Waals surface area contributed by atoms with Gasteiger partial charge in [-0.15, -0.1) is 0 Å². The Hall–Kier alpha value is -0.660. The van der Waals surface area contributed by atoms with Crippen LogP contribution in [0.4, 0.5) is 0 Å². The fourth-order valence-corrected chi connectivity index (χ4v) is 5.17. The fraction of sp³-hybridized carbons (Fsp3) is 0.933. The van der Waals surface area contributed by atoms with Crippen molar-refractivity contribution in [3.05, 3.63) is 12.4 Å². The zero-order valence-corrected chi connectivity index (χ0v) is 22.6. The molecule has 1 aliphatic heterocycles. The van der Waals surface area contributed by atoms with E-state index in [4.69, 9.17) is 0 Å². The van der Waals surface area contributed by atoms with E-state index in [1.807, 2.05) is 0 Å². The molecule has 32 heavy (non-hydrogen) atoms. The lowest BCUT2D eigenvalue weighted by Gasteiger charge is -2.30. The molecule has 0 aromatic carbocycles. The predicted molar refractivity (Wildman–Crippen MR) is 145 cm³/mol. The summed E-state index contributed by atoms with van der Waals surface area (Å²) in [4.78, 5) is 5.05. The summed E-state index contributed by atoms with van der Waals surface area (Å²) in [7, 11) is 2.26. The molecule has 0 aromatic rings. The summed E-state index contributed by atoms with van der Waals surface area (Å²) < 4.78 is 0. The molecule has 0 fully saturated rings. The van der Waals surface area contributed by atoms with Gasteiger partial charge in [-0.2, -0.15) is 0 Å². The molecule has 190 valence electrons. The highest BCUT2D eigenvalue weighted by molar-refractivity contribution is 4.95. The van der Waals surface area contributed by atoms with Gasteiger partial charge < -0.3 is 9.80 Å². The minimum Gasteiger partial charge on any atom is -0.359 e. The van der Waals surface area contributed by atoms with E-state index < -0.39 is 0 Å². The molecule has 1 heterocycles. The molecule has 0 saturated heterocycles. The Labute approximate surface area is 203 Å². The van der Waals surface area contributed by atoms with Crippen molar-refractivity contribution >= 4 is 0 Å². The Bertz CT molecular complexity index is 406. The average molecular weight is 449 g/mol. The van der Waals surface area contributed by atoms with Gasteiger partial charge in [0.25, 0.3) is 0 Å². The molecule has 0 amide bonds. The third kappa shape index (κ3) is 16.0. The van der Waals surface area contributed by atoms with E-state index in [-0.39, 0.29) is 0 Å². The van der Waals surface area contributed by atoms with Crippen molar-refractivity contribution in [2.75, 3.05) is 13.6 Å². The Balaban J connectivity index is 1.91. The smallest absolute Gasteiger partial charge is 0.100 e. The standard InChI is InChI=1S/C30H60N2/c1-4-6-8-10-12-14-15-16-17-18-19-21-23-25-27-32-29-28-31(3)30(32)26-24-22-20-13-11-9-7-5-2/h28-30H,4-27H2,1-3H3. The van der Waals surface area contributed by atoms with Crippen LogP contribution in [0.15, 0.2) is 12.4 Å². The van der Waals surface area contributed by atoms with Crippen molar-refractivity contribution < 1.29 is 0 Å². The molecule has 0 bridgehead atoms. The molecule has 0 radical (unpaired) electrons. The summed E-state index contributed by atoms with van der Waals surface area (Å²) in [6.07, 6.45) is 38.2. The van der Waals surface area contributed by atoms with Crippen LogP contribution in [-0.4, -0.2) is 29.6 Å². The number of rotatable bonds is 24. The molecule has 2 heteroatoms. The highest BCUT2D eigenvalue weighted by Gasteiger charge is 2.22. The Kier molecular flexibility index (Phi) is 20.3. The zero-order chi connectivity index (χ0) is 23.1. The van der Waals surface area contributed by atoms with Crippen LogP contribution >= 0.6 is 0 Å². The second-order valence-electron chi connectivity index (χ2n) is 10.5. The van der Waals surface area contributed by atoms with Gasteiger partial charge in [-0.25, -0.2) is 0 Å². The molecule has 2 nitrogen and oxygen atoms in total. The maximum atomic E-state index is 2.61. The summed E-state index contributed by atoms with van der Waals surface area (Å²) in [6.45, 7) is 5.86. The second-order valence-corrected chi connectivity index (χ2v) is 10.5. The lowest BCUT2D eigenvalue weighted by molar-refractivity contribution is 0.159. The first-order chi connectivity index (χ1) is 15.8. The van der Waals surface area contributed by atoms with Crippen LogP contribution in [0.1, 0.15) is 162 Å². The van der Waals surface area contributed by atoms with E-state index in [0.29, 0.717) is 6.17 Å². The maximum Gasteiger partial charge on any atom is 0.100 e. The van der Waals surface area contributed by atoms with Crippen molar-refractivity contribution in [1.29, 1.82) is 0 Å². The highest BCUT2D eigenvalue weighted by atomic mass is 15.4. The van der Waals surface area contributed by atoms with Gasteiger partial charge in [0, 0.05) is 26.0 Å². The van der Waals surface area contributed by atoms with Gasteiger partial charge in [-0.3, -0.25) is 0 Å². The van der Waals surface area contributed by atoms with E-state index in [1.54, 1.807) is 0 Å². The lowest BCUT2D eigenvalue weighted by Crippen LogP contribution is -2.37. The van der Waals surface area contributed by atoms with E-state index in [9.17, 15) is 0 Å². The second kappa shape index (κ2) is 22.1. The molecule has 0 aliphatic carbocycles. The molecule has 1 aliphatic rings. The maximum absolute atomic E-state index is 2.61. The van der Waals surface area contributed by atoms with Crippen molar-refractivity contribution in [1.82, 2.24) is 9.80 Å². The van der Waals surface area contributed by atoms with Crippen LogP contribution in [-0.2, 0) is 0 Å². The van der Waals surface area contributed by atoms with Crippen LogP contribution < -0.4 is 0 Å². The summed E-state index contributed by atoms with van der Waals surface area (Å²) in [5, 5.41) is 0. The Morgan fingerprint density at radius 3 is 1.28 bits per heavy atom. The quantitative estimate of drug-likeness (QED) is 0.135. The van der Waals surface area contributed by atoms with E-state index in [2.05, 4.69) is 43.1 Å². The summed E-state index contributed by atoms with van der Waals surface area (Å²) >= 11 is 0. The largest absolute Gasteiger partial charge is 0.359 e. The summed E-state index contributed by atoms with van der Waals surface area (Å²) in [5.74, 6) is 0. The average Bonchev–Trinajstić information content (AvgIpc) is 3.15. The summed E-state index contributed by atoms with van der Waals surface area (Å²) in [5.41, 5.74) is 0.